The van der Waals surface area contributed by atoms with E-state index in [4.69, 9.17) is 4.42 Å². The van der Waals surface area contributed by atoms with Crippen LogP contribution in [0.3, 0.4) is 0 Å². The Morgan fingerprint density at radius 3 is 1.79 bits per heavy atom. The van der Waals surface area contributed by atoms with E-state index >= 15 is 0 Å². The lowest BCUT2D eigenvalue weighted by Gasteiger charge is -2.44. The zero-order valence-electron chi connectivity index (χ0n) is 34.0. The summed E-state index contributed by atoms with van der Waals surface area (Å²) in [7, 11) is 0. The summed E-state index contributed by atoms with van der Waals surface area (Å²) >= 11 is 0. The van der Waals surface area contributed by atoms with Gasteiger partial charge in [0.05, 0.1) is 28.7 Å². The summed E-state index contributed by atoms with van der Waals surface area (Å²) in [4.78, 5) is 7.44. The van der Waals surface area contributed by atoms with E-state index in [-0.39, 0.29) is 5.92 Å². The summed E-state index contributed by atoms with van der Waals surface area (Å²) in [6.45, 7) is 0. The quantitative estimate of drug-likeness (QED) is 0.160. The van der Waals surface area contributed by atoms with Gasteiger partial charge in [-0.25, -0.2) is 0 Å². The number of anilines is 9. The first-order chi connectivity index (χ1) is 30.3. The zero-order valence-corrected chi connectivity index (χ0v) is 34.0. The normalized spacial score (nSPS) is 15.6. The highest BCUT2D eigenvalue weighted by Gasteiger charge is 2.45. The van der Waals surface area contributed by atoms with Crippen molar-refractivity contribution in [1.29, 1.82) is 0 Å². The molecule has 1 fully saturated rings. The van der Waals surface area contributed by atoms with Gasteiger partial charge in [-0.1, -0.05) is 128 Å². The van der Waals surface area contributed by atoms with Crippen molar-refractivity contribution in [2.75, 3.05) is 14.7 Å². The van der Waals surface area contributed by atoms with Crippen LogP contribution in [0, 0.1) is 0 Å². The molecule has 1 aromatic heterocycles. The summed E-state index contributed by atoms with van der Waals surface area (Å²) in [5.74, 6) is 1.31. The minimum absolute atomic E-state index is 0.162. The van der Waals surface area contributed by atoms with Crippen LogP contribution in [0.2, 0.25) is 0 Å². The molecule has 294 valence electrons. The molecule has 12 rings (SSSR count). The minimum Gasteiger partial charge on any atom is -0.458 e. The molecule has 4 heteroatoms. The third-order valence-corrected chi connectivity index (χ3v) is 13.2. The second kappa shape index (κ2) is 14.8. The Balaban J connectivity index is 1.17. The molecule has 0 radical (unpaired) electrons. The number of fused-ring (bicyclic) bond motifs is 6. The van der Waals surface area contributed by atoms with Crippen molar-refractivity contribution >= 4 is 62.2 Å². The van der Waals surface area contributed by atoms with Crippen molar-refractivity contribution < 1.29 is 4.42 Å². The molecule has 0 saturated heterocycles. The summed E-state index contributed by atoms with van der Waals surface area (Å²) in [5.41, 5.74) is 17.6. The van der Waals surface area contributed by atoms with E-state index < -0.39 is 0 Å². The fraction of sp³-hybridized carbons (Fsp3) is 0.123. The maximum atomic E-state index is 7.25. The molecular formula is C57H45N3O. The minimum atomic E-state index is -0.162. The molecule has 8 aromatic carbocycles. The first kappa shape index (κ1) is 35.6. The predicted molar refractivity (Wildman–Crippen MR) is 252 cm³/mol. The first-order valence-electron chi connectivity index (χ1n) is 21.8. The summed E-state index contributed by atoms with van der Waals surface area (Å²) in [6, 6.07) is 73.0. The van der Waals surface area contributed by atoms with Crippen LogP contribution in [-0.2, 0) is 0 Å². The fourth-order valence-electron chi connectivity index (χ4n) is 10.4. The first-order valence-corrected chi connectivity index (χ1v) is 21.8. The molecule has 0 spiro atoms. The number of furan rings is 1. The number of nitrogens with zero attached hydrogens (tertiary/aromatic N) is 3. The van der Waals surface area contributed by atoms with Crippen molar-refractivity contribution in [1.82, 2.24) is 0 Å². The lowest BCUT2D eigenvalue weighted by atomic mass is 9.76. The highest BCUT2D eigenvalue weighted by Crippen LogP contribution is 2.63. The Labute approximate surface area is 357 Å². The third-order valence-electron chi connectivity index (χ3n) is 13.2. The summed E-state index contributed by atoms with van der Waals surface area (Å²) in [5, 5.41) is 1.12. The van der Waals surface area contributed by atoms with Crippen molar-refractivity contribution in [3.63, 3.8) is 0 Å². The molecule has 4 nitrogen and oxygen atoms in total. The second-order valence-corrected chi connectivity index (χ2v) is 16.7. The van der Waals surface area contributed by atoms with Crippen LogP contribution < -0.4 is 14.7 Å². The highest BCUT2D eigenvalue weighted by molar-refractivity contribution is 6.05. The highest BCUT2D eigenvalue weighted by atomic mass is 16.3. The van der Waals surface area contributed by atoms with Gasteiger partial charge in [0.2, 0.25) is 0 Å². The van der Waals surface area contributed by atoms with Gasteiger partial charge >= 0.3 is 0 Å². The Hall–Kier alpha value is -7.30. The van der Waals surface area contributed by atoms with E-state index in [1.54, 1.807) is 0 Å². The van der Waals surface area contributed by atoms with Gasteiger partial charge in [0.15, 0.2) is 0 Å². The Bertz CT molecular complexity index is 2990. The van der Waals surface area contributed by atoms with Crippen LogP contribution in [0.25, 0.3) is 22.1 Å². The average molecular weight is 788 g/mol. The molecule has 1 saturated carbocycles. The van der Waals surface area contributed by atoms with E-state index in [1.807, 2.05) is 0 Å². The Kier molecular flexibility index (Phi) is 8.62. The van der Waals surface area contributed by atoms with Crippen LogP contribution in [0.4, 0.5) is 51.2 Å². The molecule has 0 N–H and O–H groups in total. The van der Waals surface area contributed by atoms with Gasteiger partial charge in [-0.3, -0.25) is 0 Å². The number of hydrogen-bond acceptors (Lipinski definition) is 4. The van der Waals surface area contributed by atoms with Crippen molar-refractivity contribution in [2.45, 2.75) is 43.9 Å². The molecule has 61 heavy (non-hydrogen) atoms. The SMILES string of the molecule is c1ccc(-c2cccc(N3c4cc(C5CCCCC5)cc5c4C(c4cc(N(c6ccccc6)c6ccccc6)ccc4N5c4ccccc4)c4oc5ccccc5c43)c2)cc1. The van der Waals surface area contributed by atoms with Gasteiger partial charge in [0.25, 0.3) is 0 Å². The van der Waals surface area contributed by atoms with Crippen LogP contribution >= 0.6 is 0 Å². The monoisotopic (exact) mass is 787 g/mol. The molecule has 3 heterocycles. The van der Waals surface area contributed by atoms with E-state index in [0.717, 1.165) is 50.9 Å². The zero-order chi connectivity index (χ0) is 40.3. The maximum absolute atomic E-state index is 7.25. The van der Waals surface area contributed by atoms with Crippen molar-refractivity contribution in [2.24, 2.45) is 0 Å². The van der Waals surface area contributed by atoms with Crippen molar-refractivity contribution in [3.8, 4) is 11.1 Å². The summed E-state index contributed by atoms with van der Waals surface area (Å²) in [6.07, 6.45) is 6.28. The van der Waals surface area contributed by atoms with Crippen LogP contribution in [0.5, 0.6) is 0 Å². The van der Waals surface area contributed by atoms with Gasteiger partial charge in [-0.05, 0) is 132 Å². The topological polar surface area (TPSA) is 22.9 Å². The Morgan fingerprint density at radius 2 is 1.07 bits per heavy atom. The average Bonchev–Trinajstić information content (AvgIpc) is 3.72. The lowest BCUT2D eigenvalue weighted by molar-refractivity contribution is 0.443. The predicted octanol–water partition coefficient (Wildman–Crippen LogP) is 16.4. The number of benzene rings is 8. The van der Waals surface area contributed by atoms with Gasteiger partial charge in [0, 0.05) is 39.4 Å². The van der Waals surface area contributed by atoms with Gasteiger partial charge in [-0.2, -0.15) is 0 Å². The summed E-state index contributed by atoms with van der Waals surface area (Å²) < 4.78 is 7.25. The fourth-order valence-corrected chi connectivity index (χ4v) is 10.4. The molecule has 1 atom stereocenters. The second-order valence-electron chi connectivity index (χ2n) is 16.7. The molecule has 9 aromatic rings. The smallest absolute Gasteiger partial charge is 0.141 e. The van der Waals surface area contributed by atoms with Crippen LogP contribution in [-0.4, -0.2) is 0 Å². The standard InChI is InChI=1S/C57H45N3O/c1-6-19-39(20-7-1)41-23-18-30-46(35-41)60-52-37-42(40-21-8-2-9-22-40)36-51-55(52)54(57-56(60)48-31-16-17-32-53(48)61-57)49-38-47(33-34-50(49)59(51)45-28-14-5-15-29-45)58(43-24-10-3-11-25-43)44-26-12-4-13-27-44/h1,3-7,10-20,23-38,40,54H,2,8-9,21-22H2. The van der Waals surface area contributed by atoms with Gasteiger partial charge in [-0.15, -0.1) is 0 Å². The third kappa shape index (κ3) is 5.96. The van der Waals surface area contributed by atoms with Crippen LogP contribution in [0.15, 0.2) is 205 Å². The molecule has 1 unspecified atom stereocenters. The molecule has 0 bridgehead atoms. The van der Waals surface area contributed by atoms with E-state index in [9.17, 15) is 0 Å². The number of rotatable bonds is 7. The number of para-hydroxylation sites is 4. The number of hydrogen-bond donors (Lipinski definition) is 0. The molecular weight excluding hydrogens is 743 g/mol. The molecule has 3 aliphatic rings. The van der Waals surface area contributed by atoms with E-state index in [1.165, 1.54) is 77.0 Å². The Morgan fingerprint density at radius 1 is 0.459 bits per heavy atom. The van der Waals surface area contributed by atoms with E-state index in [2.05, 4.69) is 215 Å². The van der Waals surface area contributed by atoms with Gasteiger partial charge < -0.3 is 19.1 Å². The lowest BCUT2D eigenvalue weighted by Crippen LogP contribution is -2.29. The van der Waals surface area contributed by atoms with Crippen molar-refractivity contribution in [3.05, 3.63) is 223 Å². The largest absolute Gasteiger partial charge is 0.458 e. The molecule has 0 amide bonds. The van der Waals surface area contributed by atoms with Gasteiger partial charge in [0.1, 0.15) is 11.3 Å². The van der Waals surface area contributed by atoms with E-state index in [0.29, 0.717) is 5.92 Å². The maximum Gasteiger partial charge on any atom is 0.141 e. The van der Waals surface area contributed by atoms with Crippen LogP contribution in [0.1, 0.15) is 66.4 Å². The molecule has 1 aliphatic carbocycles. The molecule has 2 aliphatic heterocycles.